The number of ketones is 1. The van der Waals surface area contributed by atoms with Crippen molar-refractivity contribution in [1.29, 1.82) is 0 Å². The molecule has 1 heterocycles. The zero-order valence-corrected chi connectivity index (χ0v) is 12.0. The summed E-state index contributed by atoms with van der Waals surface area (Å²) < 4.78 is 0. The van der Waals surface area contributed by atoms with Crippen molar-refractivity contribution in [3.8, 4) is 0 Å². The van der Waals surface area contributed by atoms with Crippen LogP contribution in [0.3, 0.4) is 0 Å². The van der Waals surface area contributed by atoms with Crippen molar-refractivity contribution >= 4 is 29.0 Å². The Balaban J connectivity index is 1.97. The molecule has 1 aromatic carbocycles. The Kier molecular flexibility index (Phi) is 4.66. The highest BCUT2D eigenvalue weighted by Gasteiger charge is 2.21. The van der Waals surface area contributed by atoms with Crippen LogP contribution in [-0.2, 0) is 0 Å². The smallest absolute Gasteiger partial charge is 0.165 e. The van der Waals surface area contributed by atoms with Gasteiger partial charge in [-0.2, -0.15) is 0 Å². The standard InChI is InChI=1S/C14H17Cl2NO/c1-10-4-3-8-17(10)9-7-13(18)11-5-2-6-12(15)14(11)16/h2,5-6,10H,3-4,7-9H2,1H3. The highest BCUT2D eigenvalue weighted by atomic mass is 35.5. The molecule has 0 radical (unpaired) electrons. The van der Waals surface area contributed by atoms with E-state index in [1.807, 2.05) is 0 Å². The van der Waals surface area contributed by atoms with Gasteiger partial charge < -0.3 is 4.90 Å². The summed E-state index contributed by atoms with van der Waals surface area (Å²) in [7, 11) is 0. The fraction of sp³-hybridized carbons (Fsp3) is 0.500. The average molecular weight is 286 g/mol. The Hall–Kier alpha value is -0.570. The number of likely N-dealkylation sites (tertiary alicyclic amines) is 1. The van der Waals surface area contributed by atoms with Crippen molar-refractivity contribution in [2.45, 2.75) is 32.2 Å². The molecule has 0 amide bonds. The quantitative estimate of drug-likeness (QED) is 0.778. The molecule has 2 nitrogen and oxygen atoms in total. The maximum Gasteiger partial charge on any atom is 0.165 e. The Morgan fingerprint density at radius 1 is 1.44 bits per heavy atom. The maximum atomic E-state index is 12.1. The van der Waals surface area contributed by atoms with Crippen LogP contribution in [0, 0.1) is 0 Å². The number of carbonyl (C=O) groups excluding carboxylic acids is 1. The summed E-state index contributed by atoms with van der Waals surface area (Å²) in [5, 5.41) is 0.815. The molecule has 0 spiro atoms. The molecule has 0 N–H and O–H groups in total. The first-order chi connectivity index (χ1) is 8.59. The van der Waals surface area contributed by atoms with Crippen molar-refractivity contribution in [1.82, 2.24) is 4.90 Å². The number of halogens is 2. The van der Waals surface area contributed by atoms with Crippen molar-refractivity contribution in [2.75, 3.05) is 13.1 Å². The van der Waals surface area contributed by atoms with E-state index in [-0.39, 0.29) is 5.78 Å². The topological polar surface area (TPSA) is 20.3 Å². The minimum absolute atomic E-state index is 0.0709. The van der Waals surface area contributed by atoms with Crippen molar-refractivity contribution < 1.29 is 4.79 Å². The second-order valence-electron chi connectivity index (χ2n) is 4.80. The SMILES string of the molecule is CC1CCCN1CCC(=O)c1cccc(Cl)c1Cl. The van der Waals surface area contributed by atoms with E-state index >= 15 is 0 Å². The van der Waals surface area contributed by atoms with Gasteiger partial charge in [0.15, 0.2) is 5.78 Å². The molecule has 1 unspecified atom stereocenters. The van der Waals surface area contributed by atoms with Crippen LogP contribution in [0.2, 0.25) is 10.0 Å². The zero-order chi connectivity index (χ0) is 13.1. The molecule has 18 heavy (non-hydrogen) atoms. The molecule has 0 aromatic heterocycles. The molecular weight excluding hydrogens is 269 g/mol. The Labute approximate surface area is 118 Å². The minimum Gasteiger partial charge on any atom is -0.300 e. The third-order valence-corrected chi connectivity index (χ3v) is 4.39. The van der Waals surface area contributed by atoms with Gasteiger partial charge in [0.2, 0.25) is 0 Å². The lowest BCUT2D eigenvalue weighted by atomic mass is 10.1. The Morgan fingerprint density at radius 3 is 2.89 bits per heavy atom. The molecule has 0 bridgehead atoms. The molecule has 98 valence electrons. The molecule has 1 atom stereocenters. The molecule has 0 saturated carbocycles. The zero-order valence-electron chi connectivity index (χ0n) is 10.5. The summed E-state index contributed by atoms with van der Waals surface area (Å²) in [5.74, 6) is 0.0709. The molecule has 1 aliphatic heterocycles. The first-order valence-corrected chi connectivity index (χ1v) is 7.06. The molecule has 1 aromatic rings. The van der Waals surface area contributed by atoms with Gasteiger partial charge in [-0.15, -0.1) is 0 Å². The van der Waals surface area contributed by atoms with Crippen LogP contribution in [0.25, 0.3) is 0 Å². The van der Waals surface area contributed by atoms with Crippen LogP contribution in [0.1, 0.15) is 36.5 Å². The van der Waals surface area contributed by atoms with Crippen molar-refractivity contribution in [2.24, 2.45) is 0 Å². The van der Waals surface area contributed by atoms with E-state index in [9.17, 15) is 4.79 Å². The van der Waals surface area contributed by atoms with E-state index in [1.165, 1.54) is 12.8 Å². The lowest BCUT2D eigenvalue weighted by molar-refractivity contribution is 0.0963. The second-order valence-corrected chi connectivity index (χ2v) is 5.59. The molecule has 0 aliphatic carbocycles. The largest absolute Gasteiger partial charge is 0.300 e. The van der Waals surface area contributed by atoms with Crippen LogP contribution in [0.4, 0.5) is 0 Å². The lowest BCUT2D eigenvalue weighted by Crippen LogP contribution is -2.29. The number of Topliss-reactive ketones (excluding diaryl/α,β-unsaturated/α-hetero) is 1. The number of carbonyl (C=O) groups is 1. The van der Waals surface area contributed by atoms with E-state index in [2.05, 4.69) is 11.8 Å². The van der Waals surface area contributed by atoms with Gasteiger partial charge in [-0.3, -0.25) is 4.79 Å². The number of benzene rings is 1. The van der Waals surface area contributed by atoms with Gasteiger partial charge in [-0.1, -0.05) is 29.3 Å². The fourth-order valence-electron chi connectivity index (χ4n) is 2.42. The van der Waals surface area contributed by atoms with Gasteiger partial charge in [0.25, 0.3) is 0 Å². The average Bonchev–Trinajstić information content (AvgIpc) is 2.75. The van der Waals surface area contributed by atoms with Crippen LogP contribution < -0.4 is 0 Å². The van der Waals surface area contributed by atoms with Crippen LogP contribution in [0.15, 0.2) is 18.2 Å². The van der Waals surface area contributed by atoms with Gasteiger partial charge in [0.05, 0.1) is 10.0 Å². The van der Waals surface area contributed by atoms with E-state index in [0.29, 0.717) is 28.1 Å². The van der Waals surface area contributed by atoms with Crippen LogP contribution in [-0.4, -0.2) is 29.8 Å². The highest BCUT2D eigenvalue weighted by molar-refractivity contribution is 6.43. The Morgan fingerprint density at radius 2 is 2.22 bits per heavy atom. The summed E-state index contributed by atoms with van der Waals surface area (Å²) in [5.41, 5.74) is 0.538. The highest BCUT2D eigenvalue weighted by Crippen LogP contribution is 2.26. The first kappa shape index (κ1) is 13.9. The van der Waals surface area contributed by atoms with E-state index < -0.39 is 0 Å². The molecule has 4 heteroatoms. The molecular formula is C14H17Cl2NO. The number of hydrogen-bond acceptors (Lipinski definition) is 2. The maximum absolute atomic E-state index is 12.1. The van der Waals surface area contributed by atoms with E-state index in [0.717, 1.165) is 13.1 Å². The first-order valence-electron chi connectivity index (χ1n) is 6.31. The van der Waals surface area contributed by atoms with Gasteiger partial charge in [-0.05, 0) is 38.4 Å². The van der Waals surface area contributed by atoms with Crippen LogP contribution >= 0.6 is 23.2 Å². The third kappa shape index (κ3) is 3.05. The second kappa shape index (κ2) is 6.05. The monoisotopic (exact) mass is 285 g/mol. The van der Waals surface area contributed by atoms with Crippen molar-refractivity contribution in [3.05, 3.63) is 33.8 Å². The lowest BCUT2D eigenvalue weighted by Gasteiger charge is -2.20. The molecule has 2 rings (SSSR count). The number of rotatable bonds is 4. The summed E-state index contributed by atoms with van der Waals surface area (Å²) in [6, 6.07) is 5.79. The minimum atomic E-state index is 0.0709. The summed E-state index contributed by atoms with van der Waals surface area (Å²) in [6.07, 6.45) is 2.96. The molecule has 1 aliphatic rings. The third-order valence-electron chi connectivity index (χ3n) is 3.57. The van der Waals surface area contributed by atoms with Gasteiger partial charge in [0, 0.05) is 24.6 Å². The number of hydrogen-bond donors (Lipinski definition) is 0. The van der Waals surface area contributed by atoms with Crippen molar-refractivity contribution in [3.63, 3.8) is 0 Å². The fourth-order valence-corrected chi connectivity index (χ4v) is 2.83. The normalized spacial score (nSPS) is 20.3. The van der Waals surface area contributed by atoms with Crippen LogP contribution in [0.5, 0.6) is 0 Å². The summed E-state index contributed by atoms with van der Waals surface area (Å²) >= 11 is 12.0. The summed E-state index contributed by atoms with van der Waals surface area (Å²) in [4.78, 5) is 14.5. The van der Waals surface area contributed by atoms with Gasteiger partial charge in [0.1, 0.15) is 0 Å². The van der Waals surface area contributed by atoms with Gasteiger partial charge >= 0.3 is 0 Å². The summed E-state index contributed by atoms with van der Waals surface area (Å²) in [6.45, 7) is 4.12. The molecule has 1 saturated heterocycles. The Bertz CT molecular complexity index is 447. The van der Waals surface area contributed by atoms with Gasteiger partial charge in [-0.25, -0.2) is 0 Å². The van der Waals surface area contributed by atoms with E-state index in [1.54, 1.807) is 18.2 Å². The van der Waals surface area contributed by atoms with E-state index in [4.69, 9.17) is 23.2 Å². The predicted molar refractivity (Wildman–Crippen MR) is 75.7 cm³/mol. The number of nitrogens with zero attached hydrogens (tertiary/aromatic N) is 1. The predicted octanol–water partition coefficient (Wildman–Crippen LogP) is 4.05. The molecule has 1 fully saturated rings.